The topological polar surface area (TPSA) is 85.5 Å². The van der Waals surface area contributed by atoms with Gasteiger partial charge in [0.2, 0.25) is 11.5 Å². The number of aryl methyl sites for hydroxylation is 1. The van der Waals surface area contributed by atoms with Crippen molar-refractivity contribution in [1.29, 1.82) is 0 Å². The maximum Gasteiger partial charge on any atom is 0.319 e. The average molecular weight is 356 g/mol. The second kappa shape index (κ2) is 7.19. The van der Waals surface area contributed by atoms with E-state index in [0.717, 1.165) is 16.5 Å². The molecule has 1 saturated heterocycles. The van der Waals surface area contributed by atoms with Crippen LogP contribution in [0.15, 0.2) is 29.1 Å². The van der Waals surface area contributed by atoms with E-state index >= 15 is 0 Å². The van der Waals surface area contributed by atoms with Crippen LogP contribution in [0.1, 0.15) is 18.4 Å². The highest BCUT2D eigenvalue weighted by Crippen LogP contribution is 2.23. The molecule has 0 aliphatic carbocycles. The minimum absolute atomic E-state index is 0.0112. The van der Waals surface area contributed by atoms with Gasteiger partial charge in [-0.2, -0.15) is 0 Å². The minimum Gasteiger partial charge on any atom is -0.331 e. The maximum atomic E-state index is 12.6. The molecule has 2 N–H and O–H groups in total. The third-order valence-electron chi connectivity index (χ3n) is 4.84. The summed E-state index contributed by atoms with van der Waals surface area (Å²) in [6, 6.07) is 7.01. The first-order chi connectivity index (χ1) is 12.3. The van der Waals surface area contributed by atoms with Gasteiger partial charge in [-0.1, -0.05) is 0 Å². The number of H-pyrrole nitrogens is 1. The number of aromatic amines is 1. The Labute approximate surface area is 152 Å². The van der Waals surface area contributed by atoms with E-state index in [1.54, 1.807) is 42.1 Å². The largest absolute Gasteiger partial charge is 0.331 e. The normalized spacial score (nSPS) is 15.1. The minimum atomic E-state index is -0.134. The third-order valence-corrected chi connectivity index (χ3v) is 4.84. The summed E-state index contributed by atoms with van der Waals surface area (Å²) in [5.41, 5.74) is 2.20. The van der Waals surface area contributed by atoms with Crippen LogP contribution in [0.3, 0.4) is 0 Å². The summed E-state index contributed by atoms with van der Waals surface area (Å²) in [6.07, 6.45) is 1.32. The summed E-state index contributed by atoms with van der Waals surface area (Å²) in [7, 11) is 3.46. The Morgan fingerprint density at radius 2 is 1.88 bits per heavy atom. The molecule has 0 atom stereocenters. The zero-order valence-electron chi connectivity index (χ0n) is 15.3. The van der Waals surface area contributed by atoms with Crippen LogP contribution >= 0.6 is 0 Å². The average Bonchev–Trinajstić information content (AvgIpc) is 2.61. The van der Waals surface area contributed by atoms with Crippen LogP contribution in [0.5, 0.6) is 0 Å². The molecule has 1 fully saturated rings. The summed E-state index contributed by atoms with van der Waals surface area (Å²) in [5, 5.41) is 3.88. The number of benzene rings is 1. The van der Waals surface area contributed by atoms with E-state index in [9.17, 15) is 14.4 Å². The number of pyridine rings is 1. The molecule has 3 amide bonds. The Morgan fingerprint density at radius 1 is 1.19 bits per heavy atom. The molecule has 138 valence electrons. The molecule has 0 bridgehead atoms. The fraction of sp³-hybridized carbons (Fsp3) is 0.421. The molecule has 0 unspecified atom stereocenters. The van der Waals surface area contributed by atoms with Gasteiger partial charge in [0.15, 0.2) is 0 Å². The van der Waals surface area contributed by atoms with E-state index in [2.05, 4.69) is 10.3 Å². The lowest BCUT2D eigenvalue weighted by Gasteiger charge is -2.33. The summed E-state index contributed by atoms with van der Waals surface area (Å²) < 4.78 is 0. The lowest BCUT2D eigenvalue weighted by molar-refractivity contribution is -0.121. The molecular weight excluding hydrogens is 332 g/mol. The van der Waals surface area contributed by atoms with E-state index < -0.39 is 0 Å². The van der Waals surface area contributed by atoms with Crippen LogP contribution in [0.25, 0.3) is 10.9 Å². The van der Waals surface area contributed by atoms with Crippen LogP contribution in [0.2, 0.25) is 0 Å². The Morgan fingerprint density at radius 3 is 2.54 bits per heavy atom. The zero-order valence-corrected chi connectivity index (χ0v) is 15.3. The number of nitrogens with zero attached hydrogens (tertiary/aromatic N) is 2. The first kappa shape index (κ1) is 18.0. The Kier molecular flexibility index (Phi) is 4.97. The van der Waals surface area contributed by atoms with Crippen molar-refractivity contribution in [3.05, 3.63) is 40.2 Å². The quantitative estimate of drug-likeness (QED) is 0.865. The van der Waals surface area contributed by atoms with Crippen molar-refractivity contribution in [2.45, 2.75) is 19.8 Å². The Balaban J connectivity index is 1.66. The molecule has 0 saturated carbocycles. The number of carbonyl (C=O) groups excluding carboxylic acids is 2. The van der Waals surface area contributed by atoms with Gasteiger partial charge in [0.05, 0.1) is 0 Å². The van der Waals surface area contributed by atoms with Crippen LogP contribution in [-0.4, -0.2) is 53.9 Å². The van der Waals surface area contributed by atoms with Gasteiger partial charge < -0.3 is 20.1 Å². The summed E-state index contributed by atoms with van der Waals surface area (Å²) in [4.78, 5) is 42.2. The molecule has 26 heavy (non-hydrogen) atoms. The Bertz CT molecular complexity index is 895. The van der Waals surface area contributed by atoms with Crippen LogP contribution < -0.4 is 10.9 Å². The van der Waals surface area contributed by atoms with Gasteiger partial charge in [-0.25, -0.2) is 4.79 Å². The molecule has 2 aromatic rings. The first-order valence-corrected chi connectivity index (χ1v) is 8.76. The molecule has 7 nitrogen and oxygen atoms in total. The van der Waals surface area contributed by atoms with E-state index in [0.29, 0.717) is 31.6 Å². The number of anilines is 1. The molecule has 0 radical (unpaired) electrons. The molecule has 3 rings (SSSR count). The van der Waals surface area contributed by atoms with Gasteiger partial charge >= 0.3 is 6.03 Å². The van der Waals surface area contributed by atoms with E-state index in [1.165, 1.54) is 0 Å². The molecular formula is C19H24N4O3. The van der Waals surface area contributed by atoms with Crippen molar-refractivity contribution >= 4 is 28.5 Å². The first-order valence-electron chi connectivity index (χ1n) is 8.76. The monoisotopic (exact) mass is 356 g/mol. The summed E-state index contributed by atoms with van der Waals surface area (Å²) in [5.74, 6) is -0.128. The van der Waals surface area contributed by atoms with Crippen molar-refractivity contribution in [3.8, 4) is 0 Å². The standard InChI is InChI=1S/C19H24N4O3/c1-12-10-17(24)21-16-5-4-14(11-15(12)16)20-18(25)13-6-8-23(9-7-13)19(26)22(2)3/h4-5,10-11,13H,6-9H2,1-3H3,(H,20,25)(H,21,24). The molecule has 2 heterocycles. The van der Waals surface area contributed by atoms with Crippen LogP contribution in [0, 0.1) is 12.8 Å². The number of piperidine rings is 1. The smallest absolute Gasteiger partial charge is 0.319 e. The van der Waals surface area contributed by atoms with E-state index in [4.69, 9.17) is 0 Å². The lowest BCUT2D eigenvalue weighted by atomic mass is 9.96. The second-order valence-electron chi connectivity index (χ2n) is 7.00. The molecule has 1 aliphatic heterocycles. The van der Waals surface area contributed by atoms with Crippen molar-refractivity contribution in [1.82, 2.24) is 14.8 Å². The molecule has 7 heteroatoms. The Hall–Kier alpha value is -2.83. The van der Waals surface area contributed by atoms with Crippen LogP contribution in [-0.2, 0) is 4.79 Å². The molecule has 1 aromatic heterocycles. The number of fused-ring (bicyclic) bond motifs is 1. The number of likely N-dealkylation sites (tertiary alicyclic amines) is 1. The molecule has 1 aliphatic rings. The number of hydrogen-bond donors (Lipinski definition) is 2. The zero-order chi connectivity index (χ0) is 18.8. The van der Waals surface area contributed by atoms with E-state index in [1.807, 2.05) is 13.0 Å². The predicted molar refractivity (Wildman–Crippen MR) is 101 cm³/mol. The second-order valence-corrected chi connectivity index (χ2v) is 7.00. The fourth-order valence-corrected chi connectivity index (χ4v) is 3.36. The number of aromatic nitrogens is 1. The van der Waals surface area contributed by atoms with Gasteiger partial charge in [-0.05, 0) is 43.5 Å². The number of rotatable bonds is 2. The highest BCUT2D eigenvalue weighted by atomic mass is 16.2. The van der Waals surface area contributed by atoms with Gasteiger partial charge in [0.1, 0.15) is 0 Å². The molecule has 0 spiro atoms. The van der Waals surface area contributed by atoms with Gasteiger partial charge in [-0.15, -0.1) is 0 Å². The number of nitrogens with one attached hydrogen (secondary N) is 2. The van der Waals surface area contributed by atoms with Crippen molar-refractivity contribution in [2.75, 3.05) is 32.5 Å². The number of hydrogen-bond acceptors (Lipinski definition) is 3. The summed E-state index contributed by atoms with van der Waals surface area (Å²) in [6.45, 7) is 3.06. The highest BCUT2D eigenvalue weighted by molar-refractivity contribution is 5.95. The summed E-state index contributed by atoms with van der Waals surface area (Å²) >= 11 is 0. The van der Waals surface area contributed by atoms with Crippen molar-refractivity contribution in [3.63, 3.8) is 0 Å². The van der Waals surface area contributed by atoms with Gasteiger partial charge in [0, 0.05) is 55.8 Å². The number of urea groups is 1. The SMILES string of the molecule is Cc1cc(=O)[nH]c2ccc(NC(=O)C3CCN(C(=O)N(C)C)CC3)cc12. The predicted octanol–water partition coefficient (Wildman–Crippen LogP) is 2.17. The van der Waals surface area contributed by atoms with Crippen LogP contribution in [0.4, 0.5) is 10.5 Å². The maximum absolute atomic E-state index is 12.6. The van der Waals surface area contributed by atoms with Gasteiger partial charge in [-0.3, -0.25) is 9.59 Å². The van der Waals surface area contributed by atoms with E-state index in [-0.39, 0.29) is 23.4 Å². The van der Waals surface area contributed by atoms with Gasteiger partial charge in [0.25, 0.3) is 0 Å². The third kappa shape index (κ3) is 3.71. The number of amides is 3. The fourth-order valence-electron chi connectivity index (χ4n) is 3.36. The lowest BCUT2D eigenvalue weighted by Crippen LogP contribution is -2.45. The number of carbonyl (C=O) groups is 2. The van der Waals surface area contributed by atoms with Crippen molar-refractivity contribution in [2.24, 2.45) is 5.92 Å². The molecule has 1 aromatic carbocycles. The van der Waals surface area contributed by atoms with Crippen molar-refractivity contribution < 1.29 is 9.59 Å². The highest BCUT2D eigenvalue weighted by Gasteiger charge is 2.28.